The van der Waals surface area contributed by atoms with Crippen molar-refractivity contribution in [3.8, 4) is 5.75 Å². The number of carbonyl (C=O) groups is 2. The van der Waals surface area contributed by atoms with Gasteiger partial charge in [0, 0.05) is 22.6 Å². The van der Waals surface area contributed by atoms with E-state index in [4.69, 9.17) is 5.11 Å². The van der Waals surface area contributed by atoms with Crippen LogP contribution in [0.15, 0.2) is 57.9 Å². The lowest BCUT2D eigenvalue weighted by Crippen LogP contribution is -2.33. The summed E-state index contributed by atoms with van der Waals surface area (Å²) in [4.78, 5) is 35.9. The van der Waals surface area contributed by atoms with Crippen LogP contribution in [0.3, 0.4) is 0 Å². The van der Waals surface area contributed by atoms with Crippen LogP contribution in [0.4, 0.5) is 13.2 Å². The minimum atomic E-state index is -4.80. The quantitative estimate of drug-likeness (QED) is 0.541. The van der Waals surface area contributed by atoms with E-state index in [0.29, 0.717) is 15.6 Å². The fourth-order valence-electron chi connectivity index (χ4n) is 2.91. The van der Waals surface area contributed by atoms with Gasteiger partial charge in [-0.1, -0.05) is 28.1 Å². The van der Waals surface area contributed by atoms with Gasteiger partial charge in [0.25, 0.3) is 5.91 Å². The monoisotopic (exact) mass is 498 g/mol. The van der Waals surface area contributed by atoms with E-state index in [9.17, 15) is 27.6 Å². The van der Waals surface area contributed by atoms with Gasteiger partial charge in [-0.2, -0.15) is 0 Å². The molecule has 31 heavy (non-hydrogen) atoms. The van der Waals surface area contributed by atoms with Gasteiger partial charge in [0.15, 0.2) is 0 Å². The first kappa shape index (κ1) is 22.3. The summed E-state index contributed by atoms with van der Waals surface area (Å²) in [5.41, 5.74) is 0.228. The zero-order valence-electron chi connectivity index (χ0n) is 15.6. The van der Waals surface area contributed by atoms with Gasteiger partial charge >= 0.3 is 12.3 Å². The summed E-state index contributed by atoms with van der Waals surface area (Å²) < 4.78 is 43.0. The van der Waals surface area contributed by atoms with E-state index in [1.54, 1.807) is 16.7 Å². The largest absolute Gasteiger partial charge is 0.573 e. The lowest BCUT2D eigenvalue weighted by molar-refractivity contribution is -0.274. The van der Waals surface area contributed by atoms with Crippen LogP contribution >= 0.6 is 15.9 Å². The minimum Gasteiger partial charge on any atom is -0.480 e. The Morgan fingerprint density at radius 3 is 2.42 bits per heavy atom. The first-order chi connectivity index (χ1) is 14.5. The molecule has 0 bridgehead atoms. The zero-order valence-corrected chi connectivity index (χ0v) is 17.2. The number of fused-ring (bicyclic) bond motifs is 1. The molecule has 0 atom stereocenters. The van der Waals surface area contributed by atoms with Crippen LogP contribution in [0, 0.1) is 0 Å². The predicted molar refractivity (Wildman–Crippen MR) is 108 cm³/mol. The van der Waals surface area contributed by atoms with Gasteiger partial charge < -0.3 is 19.7 Å². The number of rotatable bonds is 6. The van der Waals surface area contributed by atoms with Crippen LogP contribution in [-0.4, -0.2) is 34.5 Å². The molecule has 3 rings (SSSR count). The first-order valence-corrected chi connectivity index (χ1v) is 9.50. The minimum absolute atomic E-state index is 0.129. The van der Waals surface area contributed by atoms with Crippen molar-refractivity contribution in [1.29, 1.82) is 0 Å². The molecule has 7 nitrogen and oxygen atoms in total. The molecule has 0 aliphatic heterocycles. The number of carboxylic acids is 1. The summed E-state index contributed by atoms with van der Waals surface area (Å²) in [7, 11) is 0. The van der Waals surface area contributed by atoms with Crippen molar-refractivity contribution in [3.63, 3.8) is 0 Å². The van der Waals surface area contributed by atoms with Crippen LogP contribution < -0.4 is 15.5 Å². The molecule has 0 aliphatic carbocycles. The van der Waals surface area contributed by atoms with Gasteiger partial charge in [-0.25, -0.2) is 0 Å². The summed E-state index contributed by atoms with van der Waals surface area (Å²) in [5.74, 6) is -2.49. The lowest BCUT2D eigenvalue weighted by atomic mass is 10.1. The summed E-state index contributed by atoms with van der Waals surface area (Å²) in [6, 6.07) is 10.0. The number of hydrogen-bond donors (Lipinski definition) is 2. The Kier molecular flexibility index (Phi) is 6.34. The average Bonchev–Trinajstić information content (AvgIpc) is 2.68. The molecule has 1 aromatic heterocycles. The number of aromatic nitrogens is 1. The molecule has 2 aromatic carbocycles. The highest BCUT2D eigenvalue weighted by Gasteiger charge is 2.31. The number of amides is 1. The van der Waals surface area contributed by atoms with Crippen molar-refractivity contribution < 1.29 is 32.6 Å². The Labute approximate surface area is 181 Å². The van der Waals surface area contributed by atoms with E-state index in [1.165, 1.54) is 24.4 Å². The zero-order chi connectivity index (χ0) is 22.8. The number of nitrogens with zero attached hydrogens (tertiary/aromatic N) is 1. The maximum atomic E-state index is 12.8. The molecule has 1 amide bonds. The van der Waals surface area contributed by atoms with Gasteiger partial charge in [-0.3, -0.25) is 14.4 Å². The summed E-state index contributed by atoms with van der Waals surface area (Å²) >= 11 is 3.27. The Bertz CT molecular complexity index is 1210. The van der Waals surface area contributed by atoms with Crippen LogP contribution in [0.2, 0.25) is 0 Å². The third-order valence-corrected chi connectivity index (χ3v) is 4.69. The van der Waals surface area contributed by atoms with Gasteiger partial charge in [-0.15, -0.1) is 13.2 Å². The smallest absolute Gasteiger partial charge is 0.480 e. The number of carbonyl (C=O) groups excluding carboxylic acids is 1. The molecule has 0 saturated carbocycles. The molecular weight excluding hydrogens is 485 g/mol. The summed E-state index contributed by atoms with van der Waals surface area (Å²) in [5, 5.41) is 11.1. The highest BCUT2D eigenvalue weighted by atomic mass is 79.9. The molecule has 0 unspecified atom stereocenters. The molecule has 1 heterocycles. The van der Waals surface area contributed by atoms with Crippen molar-refractivity contribution in [3.05, 3.63) is 74.5 Å². The topological polar surface area (TPSA) is 97.6 Å². The van der Waals surface area contributed by atoms with Crippen molar-refractivity contribution in [2.24, 2.45) is 0 Å². The van der Waals surface area contributed by atoms with Crippen molar-refractivity contribution in [2.45, 2.75) is 12.9 Å². The number of hydrogen-bond acceptors (Lipinski definition) is 4. The lowest BCUT2D eigenvalue weighted by Gasteiger charge is -2.14. The third kappa shape index (κ3) is 5.63. The molecule has 0 saturated heterocycles. The Hall–Kier alpha value is -3.34. The van der Waals surface area contributed by atoms with E-state index >= 15 is 0 Å². The molecule has 0 fully saturated rings. The number of benzene rings is 2. The highest BCUT2D eigenvalue weighted by Crippen LogP contribution is 2.24. The van der Waals surface area contributed by atoms with E-state index < -0.39 is 30.2 Å². The van der Waals surface area contributed by atoms with Crippen LogP contribution in [0.5, 0.6) is 5.75 Å². The van der Waals surface area contributed by atoms with E-state index in [1.807, 2.05) is 0 Å². The molecule has 3 aromatic rings. The molecule has 11 heteroatoms. The van der Waals surface area contributed by atoms with E-state index in [0.717, 1.165) is 12.1 Å². The van der Waals surface area contributed by atoms with Gasteiger partial charge in [-0.05, 0) is 35.9 Å². The first-order valence-electron chi connectivity index (χ1n) is 8.71. The van der Waals surface area contributed by atoms with Crippen molar-refractivity contribution >= 4 is 38.7 Å². The molecule has 0 aliphatic rings. The second-order valence-corrected chi connectivity index (χ2v) is 7.35. The highest BCUT2D eigenvalue weighted by molar-refractivity contribution is 9.10. The van der Waals surface area contributed by atoms with E-state index in [-0.39, 0.29) is 23.2 Å². The number of ether oxygens (including phenoxy) is 1. The summed E-state index contributed by atoms with van der Waals surface area (Å²) in [6.45, 7) is -0.528. The van der Waals surface area contributed by atoms with Gasteiger partial charge in [0.05, 0.1) is 5.52 Å². The normalized spacial score (nSPS) is 11.4. The Morgan fingerprint density at radius 1 is 1.13 bits per heavy atom. The predicted octanol–water partition coefficient (Wildman–Crippen LogP) is 3.53. The third-order valence-electron chi connectivity index (χ3n) is 4.20. The Balaban J connectivity index is 2.01. The standard InChI is InChI=1S/C20H14BrF3N2O5/c21-12-3-6-16-14(7-12)18(29)15(19(30)25-8-17(27)28)10-26(16)9-11-1-4-13(5-2-11)31-20(22,23)24/h1-7,10H,8-9H2,(H,25,30)(H,27,28). The fraction of sp³-hybridized carbons (Fsp3) is 0.150. The Morgan fingerprint density at radius 2 is 1.81 bits per heavy atom. The SMILES string of the molecule is O=C(O)CNC(=O)c1cn(Cc2ccc(OC(F)(F)F)cc2)c2ccc(Br)cc2c1=O. The van der Waals surface area contributed by atoms with Gasteiger partial charge in [0.2, 0.25) is 5.43 Å². The number of halogens is 4. The second kappa shape index (κ2) is 8.80. The number of carboxylic acid groups (broad SMARTS) is 1. The fourth-order valence-corrected chi connectivity index (χ4v) is 3.27. The van der Waals surface area contributed by atoms with Gasteiger partial charge in [0.1, 0.15) is 17.9 Å². The molecular formula is C20H14BrF3N2O5. The maximum absolute atomic E-state index is 12.8. The van der Waals surface area contributed by atoms with E-state index in [2.05, 4.69) is 26.0 Å². The maximum Gasteiger partial charge on any atom is 0.573 e. The van der Waals surface area contributed by atoms with Crippen molar-refractivity contribution in [1.82, 2.24) is 9.88 Å². The van der Waals surface area contributed by atoms with Crippen LogP contribution in [0.1, 0.15) is 15.9 Å². The molecule has 162 valence electrons. The van der Waals surface area contributed by atoms with Crippen molar-refractivity contribution in [2.75, 3.05) is 6.54 Å². The molecule has 0 spiro atoms. The number of alkyl halides is 3. The molecule has 2 N–H and O–H groups in total. The van der Waals surface area contributed by atoms with Crippen LogP contribution in [-0.2, 0) is 11.3 Å². The number of aliphatic carboxylic acids is 1. The second-order valence-electron chi connectivity index (χ2n) is 6.43. The average molecular weight is 499 g/mol. The summed E-state index contributed by atoms with van der Waals surface area (Å²) in [6.07, 6.45) is -3.52. The number of pyridine rings is 1. The number of nitrogens with one attached hydrogen (secondary N) is 1. The van der Waals surface area contributed by atoms with Crippen LogP contribution in [0.25, 0.3) is 10.9 Å². The molecule has 0 radical (unpaired) electrons.